The van der Waals surface area contributed by atoms with Crippen molar-refractivity contribution in [3.8, 4) is 0 Å². The fourth-order valence-corrected chi connectivity index (χ4v) is 2.95. The Hall–Kier alpha value is -0.700. The van der Waals surface area contributed by atoms with Gasteiger partial charge in [-0.05, 0) is 19.4 Å². The molecule has 0 saturated carbocycles. The van der Waals surface area contributed by atoms with Gasteiger partial charge >= 0.3 is 0 Å². The highest BCUT2D eigenvalue weighted by Gasteiger charge is 2.31. The van der Waals surface area contributed by atoms with E-state index in [0.717, 1.165) is 19.4 Å². The van der Waals surface area contributed by atoms with E-state index in [4.69, 9.17) is 5.14 Å². The molecule has 98 valence electrons. The van der Waals surface area contributed by atoms with Gasteiger partial charge in [-0.15, -0.1) is 0 Å². The number of nitrogens with zero attached hydrogens (tertiary/aromatic N) is 2. The Morgan fingerprint density at radius 2 is 1.88 bits per heavy atom. The zero-order valence-corrected chi connectivity index (χ0v) is 10.4. The van der Waals surface area contributed by atoms with Crippen LogP contribution in [0, 0.1) is 0 Å². The minimum Gasteiger partial charge on any atom is -0.339 e. The second-order valence-corrected chi connectivity index (χ2v) is 5.96. The highest BCUT2D eigenvalue weighted by Crippen LogP contribution is 2.11. The Bertz CT molecular complexity index is 383. The topological polar surface area (TPSA) is 95.7 Å². The van der Waals surface area contributed by atoms with E-state index in [0.29, 0.717) is 13.1 Å². The zero-order chi connectivity index (χ0) is 12.5. The maximum atomic E-state index is 12.0. The second-order valence-electron chi connectivity index (χ2n) is 4.42. The number of hydrogen-bond donors (Lipinski definition) is 2. The van der Waals surface area contributed by atoms with Crippen molar-refractivity contribution in [1.29, 1.82) is 0 Å². The van der Waals surface area contributed by atoms with Gasteiger partial charge in [0.25, 0.3) is 10.2 Å². The van der Waals surface area contributed by atoms with Crippen LogP contribution in [0.5, 0.6) is 0 Å². The van der Waals surface area contributed by atoms with Crippen LogP contribution in [0.1, 0.15) is 12.8 Å². The molecule has 2 aliphatic heterocycles. The smallest absolute Gasteiger partial charge is 0.277 e. The minimum absolute atomic E-state index is 0.0802. The van der Waals surface area contributed by atoms with Gasteiger partial charge in [0, 0.05) is 26.2 Å². The lowest BCUT2D eigenvalue weighted by atomic mass is 10.2. The van der Waals surface area contributed by atoms with Crippen LogP contribution < -0.4 is 10.5 Å². The molecule has 2 aliphatic rings. The molecule has 17 heavy (non-hydrogen) atoms. The van der Waals surface area contributed by atoms with Gasteiger partial charge < -0.3 is 10.2 Å². The third kappa shape index (κ3) is 2.95. The summed E-state index contributed by atoms with van der Waals surface area (Å²) in [4.78, 5) is 13.7. The van der Waals surface area contributed by atoms with Gasteiger partial charge in [0.1, 0.15) is 0 Å². The number of hydrogen-bond acceptors (Lipinski definition) is 4. The Balaban J connectivity index is 1.88. The van der Waals surface area contributed by atoms with E-state index < -0.39 is 10.2 Å². The summed E-state index contributed by atoms with van der Waals surface area (Å²) in [5.41, 5.74) is 0. The Morgan fingerprint density at radius 1 is 1.24 bits per heavy atom. The Kier molecular flexibility index (Phi) is 3.67. The first-order chi connectivity index (χ1) is 7.98. The minimum atomic E-state index is -3.61. The number of rotatable bonds is 2. The van der Waals surface area contributed by atoms with Crippen molar-refractivity contribution in [1.82, 2.24) is 14.5 Å². The summed E-state index contributed by atoms with van der Waals surface area (Å²) in [6.07, 6.45) is 1.89. The van der Waals surface area contributed by atoms with E-state index in [9.17, 15) is 13.2 Å². The molecule has 0 spiro atoms. The fourth-order valence-electron chi connectivity index (χ4n) is 2.28. The van der Waals surface area contributed by atoms with Crippen LogP contribution in [0.2, 0.25) is 0 Å². The number of carbonyl (C=O) groups excluding carboxylic acids is 1. The van der Waals surface area contributed by atoms with E-state index >= 15 is 0 Å². The summed E-state index contributed by atoms with van der Waals surface area (Å²) in [5, 5.41) is 8.18. The van der Waals surface area contributed by atoms with Crippen molar-refractivity contribution >= 4 is 16.1 Å². The van der Waals surface area contributed by atoms with Gasteiger partial charge in [-0.25, -0.2) is 5.14 Å². The normalized spacial score (nSPS) is 27.4. The zero-order valence-electron chi connectivity index (χ0n) is 9.63. The Morgan fingerprint density at radius 3 is 2.35 bits per heavy atom. The van der Waals surface area contributed by atoms with Gasteiger partial charge in [0.15, 0.2) is 0 Å². The van der Waals surface area contributed by atoms with Crippen molar-refractivity contribution < 1.29 is 13.2 Å². The lowest BCUT2D eigenvalue weighted by molar-refractivity contribution is -0.134. The quantitative estimate of drug-likeness (QED) is 0.607. The molecule has 0 bridgehead atoms. The lowest BCUT2D eigenvalue weighted by Crippen LogP contribution is -2.55. The third-order valence-corrected chi connectivity index (χ3v) is 4.35. The molecule has 8 heteroatoms. The third-order valence-electron chi connectivity index (χ3n) is 3.27. The van der Waals surface area contributed by atoms with E-state index in [2.05, 4.69) is 5.32 Å². The van der Waals surface area contributed by atoms with Crippen molar-refractivity contribution in [3.63, 3.8) is 0 Å². The monoisotopic (exact) mass is 262 g/mol. The van der Waals surface area contributed by atoms with Crippen LogP contribution in [0.4, 0.5) is 0 Å². The standard InChI is InChI=1S/C9H18N4O3S/c10-17(15,16)13-6-4-12(5-7-13)9(14)8-2-1-3-11-8/h8,11H,1-7H2,(H2,10,15,16). The molecule has 0 radical (unpaired) electrons. The van der Waals surface area contributed by atoms with Crippen LogP contribution >= 0.6 is 0 Å². The number of amides is 1. The molecule has 7 nitrogen and oxygen atoms in total. The van der Waals surface area contributed by atoms with E-state index in [1.54, 1.807) is 4.90 Å². The van der Waals surface area contributed by atoms with Crippen LogP contribution in [0.15, 0.2) is 0 Å². The second kappa shape index (κ2) is 4.89. The molecule has 1 amide bonds. The molecular formula is C9H18N4O3S. The van der Waals surface area contributed by atoms with E-state index in [1.807, 2.05) is 0 Å². The molecule has 0 aliphatic carbocycles. The molecule has 0 aromatic heterocycles. The van der Waals surface area contributed by atoms with Crippen LogP contribution in [0.3, 0.4) is 0 Å². The number of carbonyl (C=O) groups is 1. The molecule has 2 heterocycles. The van der Waals surface area contributed by atoms with Gasteiger partial charge in [-0.2, -0.15) is 12.7 Å². The van der Waals surface area contributed by atoms with Crippen molar-refractivity contribution in [2.45, 2.75) is 18.9 Å². The van der Waals surface area contributed by atoms with Gasteiger partial charge in [-0.3, -0.25) is 4.79 Å². The summed E-state index contributed by atoms with van der Waals surface area (Å²) in [6, 6.07) is -0.0870. The van der Waals surface area contributed by atoms with Crippen LogP contribution in [-0.4, -0.2) is 62.3 Å². The number of nitrogens with two attached hydrogens (primary N) is 1. The molecule has 1 unspecified atom stereocenters. The number of piperazine rings is 1. The van der Waals surface area contributed by atoms with Crippen molar-refractivity contribution in [3.05, 3.63) is 0 Å². The SMILES string of the molecule is NS(=O)(=O)N1CCN(C(=O)C2CCCN2)CC1. The largest absolute Gasteiger partial charge is 0.339 e. The average Bonchev–Trinajstić information content (AvgIpc) is 2.80. The summed E-state index contributed by atoms with van der Waals surface area (Å²) in [5.74, 6) is 0.0802. The summed E-state index contributed by atoms with van der Waals surface area (Å²) >= 11 is 0. The van der Waals surface area contributed by atoms with Gasteiger partial charge in [0.2, 0.25) is 5.91 Å². The molecule has 2 saturated heterocycles. The van der Waals surface area contributed by atoms with Crippen LogP contribution in [-0.2, 0) is 15.0 Å². The first-order valence-corrected chi connectivity index (χ1v) is 7.29. The molecule has 0 aromatic rings. The van der Waals surface area contributed by atoms with Gasteiger partial charge in [0.05, 0.1) is 6.04 Å². The number of nitrogens with one attached hydrogen (secondary N) is 1. The highest BCUT2D eigenvalue weighted by molar-refractivity contribution is 7.86. The average molecular weight is 262 g/mol. The van der Waals surface area contributed by atoms with E-state index in [-0.39, 0.29) is 25.0 Å². The molecule has 2 fully saturated rings. The highest BCUT2D eigenvalue weighted by atomic mass is 32.2. The molecule has 1 atom stereocenters. The van der Waals surface area contributed by atoms with Crippen LogP contribution in [0.25, 0.3) is 0 Å². The maximum absolute atomic E-state index is 12.0. The first kappa shape index (κ1) is 12.7. The first-order valence-electron chi connectivity index (χ1n) is 5.78. The predicted octanol–water partition coefficient (Wildman–Crippen LogP) is -1.91. The van der Waals surface area contributed by atoms with Crippen molar-refractivity contribution in [2.24, 2.45) is 5.14 Å². The molecule has 0 aromatic carbocycles. The summed E-state index contributed by atoms with van der Waals surface area (Å²) in [6.45, 7) is 2.31. The predicted molar refractivity (Wildman–Crippen MR) is 62.3 cm³/mol. The molecule has 2 rings (SSSR count). The lowest BCUT2D eigenvalue weighted by Gasteiger charge is -2.34. The summed E-state index contributed by atoms with van der Waals surface area (Å²) < 4.78 is 23.4. The maximum Gasteiger partial charge on any atom is 0.277 e. The molecule has 3 N–H and O–H groups in total. The van der Waals surface area contributed by atoms with E-state index in [1.165, 1.54) is 4.31 Å². The Labute approximate surface area is 101 Å². The molecular weight excluding hydrogens is 244 g/mol. The summed E-state index contributed by atoms with van der Waals surface area (Å²) in [7, 11) is -3.61. The van der Waals surface area contributed by atoms with Gasteiger partial charge in [-0.1, -0.05) is 0 Å². The van der Waals surface area contributed by atoms with Crippen molar-refractivity contribution in [2.75, 3.05) is 32.7 Å². The fraction of sp³-hybridized carbons (Fsp3) is 0.889.